The van der Waals surface area contributed by atoms with Crippen LogP contribution in [0.25, 0.3) is 16.7 Å². The van der Waals surface area contributed by atoms with Gasteiger partial charge in [0.15, 0.2) is 5.65 Å². The highest BCUT2D eigenvalue weighted by Gasteiger charge is 2.14. The standard InChI is InChI=1S/C18H12Cl3N5O/c1-27-16-5-2-10(19)6-15(16)25-17-12-8-24-26(18(12)23-9-22-17)11-3-4-13(20)14(21)7-11/h2-9H,1H3,(H,22,23,25). The van der Waals surface area contributed by atoms with Crippen LogP contribution >= 0.6 is 34.8 Å². The Kier molecular flexibility index (Phi) is 4.78. The van der Waals surface area contributed by atoms with E-state index in [1.54, 1.807) is 48.3 Å². The number of hydrogen-bond donors (Lipinski definition) is 1. The molecule has 6 nitrogen and oxygen atoms in total. The lowest BCUT2D eigenvalue weighted by Crippen LogP contribution is -2.00. The first kappa shape index (κ1) is 17.9. The number of hydrogen-bond acceptors (Lipinski definition) is 5. The quantitative estimate of drug-likeness (QED) is 0.470. The first-order chi connectivity index (χ1) is 13.1. The molecule has 9 heteroatoms. The van der Waals surface area contributed by atoms with Crippen LogP contribution in [0.2, 0.25) is 15.1 Å². The van der Waals surface area contributed by atoms with Gasteiger partial charge in [-0.1, -0.05) is 34.8 Å². The summed E-state index contributed by atoms with van der Waals surface area (Å²) in [6.45, 7) is 0. The van der Waals surface area contributed by atoms with E-state index < -0.39 is 0 Å². The molecule has 2 heterocycles. The predicted octanol–water partition coefficient (Wildman–Crippen LogP) is 5.53. The molecule has 0 bridgehead atoms. The van der Waals surface area contributed by atoms with Crippen LogP contribution in [0.15, 0.2) is 48.9 Å². The summed E-state index contributed by atoms with van der Waals surface area (Å²) in [4.78, 5) is 8.67. The van der Waals surface area contributed by atoms with Gasteiger partial charge in [0.05, 0.1) is 40.1 Å². The number of nitrogens with zero attached hydrogens (tertiary/aromatic N) is 4. The van der Waals surface area contributed by atoms with Crippen LogP contribution in [0, 0.1) is 0 Å². The van der Waals surface area contributed by atoms with Gasteiger partial charge in [-0.3, -0.25) is 0 Å². The molecule has 0 aliphatic rings. The average molecular weight is 421 g/mol. The van der Waals surface area contributed by atoms with Crippen molar-refractivity contribution < 1.29 is 4.74 Å². The Morgan fingerprint density at radius 3 is 2.63 bits per heavy atom. The van der Waals surface area contributed by atoms with E-state index in [9.17, 15) is 0 Å². The number of halogens is 3. The smallest absolute Gasteiger partial charge is 0.168 e. The highest BCUT2D eigenvalue weighted by molar-refractivity contribution is 6.42. The van der Waals surface area contributed by atoms with Crippen molar-refractivity contribution in [2.45, 2.75) is 0 Å². The molecule has 0 aliphatic heterocycles. The molecular formula is C18H12Cl3N5O. The fourth-order valence-corrected chi connectivity index (χ4v) is 3.12. The van der Waals surface area contributed by atoms with Crippen molar-refractivity contribution in [3.63, 3.8) is 0 Å². The predicted molar refractivity (Wildman–Crippen MR) is 108 cm³/mol. The second kappa shape index (κ2) is 7.23. The second-order valence-corrected chi connectivity index (χ2v) is 6.83. The maximum atomic E-state index is 6.12. The topological polar surface area (TPSA) is 64.9 Å². The molecule has 2 aromatic heterocycles. The summed E-state index contributed by atoms with van der Waals surface area (Å²) >= 11 is 18.2. The molecule has 0 radical (unpaired) electrons. The molecular weight excluding hydrogens is 409 g/mol. The van der Waals surface area contributed by atoms with Gasteiger partial charge in [-0.2, -0.15) is 5.10 Å². The van der Waals surface area contributed by atoms with Gasteiger partial charge < -0.3 is 10.1 Å². The summed E-state index contributed by atoms with van der Waals surface area (Å²) in [5, 5.41) is 9.86. The number of rotatable bonds is 4. The molecule has 2 aromatic carbocycles. The largest absolute Gasteiger partial charge is 0.495 e. The number of benzene rings is 2. The molecule has 27 heavy (non-hydrogen) atoms. The van der Waals surface area contributed by atoms with E-state index >= 15 is 0 Å². The molecule has 4 aromatic rings. The van der Waals surface area contributed by atoms with Crippen LogP contribution in [0.4, 0.5) is 11.5 Å². The normalized spacial score (nSPS) is 11.0. The van der Waals surface area contributed by atoms with Crippen molar-refractivity contribution >= 4 is 57.3 Å². The van der Waals surface area contributed by atoms with Crippen LogP contribution in [-0.2, 0) is 0 Å². The van der Waals surface area contributed by atoms with Crippen LogP contribution in [0.1, 0.15) is 0 Å². The molecule has 0 amide bonds. The number of fused-ring (bicyclic) bond motifs is 1. The first-order valence-corrected chi connectivity index (χ1v) is 8.95. The van der Waals surface area contributed by atoms with Crippen molar-refractivity contribution in [1.29, 1.82) is 0 Å². The molecule has 136 valence electrons. The van der Waals surface area contributed by atoms with Crippen LogP contribution in [0.3, 0.4) is 0 Å². The average Bonchev–Trinajstić information content (AvgIpc) is 3.09. The van der Waals surface area contributed by atoms with Crippen LogP contribution in [0.5, 0.6) is 5.75 Å². The van der Waals surface area contributed by atoms with Crippen molar-refractivity contribution in [2.24, 2.45) is 0 Å². The van der Waals surface area contributed by atoms with Gasteiger partial charge in [0.1, 0.15) is 17.9 Å². The highest BCUT2D eigenvalue weighted by atomic mass is 35.5. The zero-order valence-electron chi connectivity index (χ0n) is 13.9. The molecule has 4 rings (SSSR count). The van der Waals surface area contributed by atoms with Gasteiger partial charge >= 0.3 is 0 Å². The fraction of sp³-hybridized carbons (Fsp3) is 0.0556. The highest BCUT2D eigenvalue weighted by Crippen LogP contribution is 2.32. The fourth-order valence-electron chi connectivity index (χ4n) is 2.65. The summed E-state index contributed by atoms with van der Waals surface area (Å²) in [7, 11) is 1.59. The third-order valence-corrected chi connectivity index (χ3v) is 4.90. The number of ether oxygens (including phenoxy) is 1. The first-order valence-electron chi connectivity index (χ1n) is 7.81. The maximum absolute atomic E-state index is 6.12. The van der Waals surface area contributed by atoms with Gasteiger partial charge in [-0.05, 0) is 36.4 Å². The Bertz CT molecular complexity index is 1150. The Balaban J connectivity index is 1.79. The van der Waals surface area contributed by atoms with Crippen molar-refractivity contribution in [3.05, 3.63) is 64.0 Å². The lowest BCUT2D eigenvalue weighted by molar-refractivity contribution is 0.417. The van der Waals surface area contributed by atoms with E-state index in [1.165, 1.54) is 6.33 Å². The van der Waals surface area contributed by atoms with Gasteiger partial charge in [0, 0.05) is 5.02 Å². The number of aromatic nitrogens is 4. The molecule has 0 unspecified atom stereocenters. The maximum Gasteiger partial charge on any atom is 0.168 e. The summed E-state index contributed by atoms with van der Waals surface area (Å²) in [5.74, 6) is 1.22. The van der Waals surface area contributed by atoms with E-state index in [0.717, 1.165) is 11.1 Å². The Labute approximate surface area is 169 Å². The van der Waals surface area contributed by atoms with E-state index in [-0.39, 0.29) is 0 Å². The minimum atomic E-state index is 0.439. The van der Waals surface area contributed by atoms with Crippen LogP contribution < -0.4 is 10.1 Å². The van der Waals surface area contributed by atoms with E-state index in [4.69, 9.17) is 39.5 Å². The Morgan fingerprint density at radius 2 is 1.85 bits per heavy atom. The second-order valence-electron chi connectivity index (χ2n) is 5.58. The lowest BCUT2D eigenvalue weighted by Gasteiger charge is -2.11. The Hall–Kier alpha value is -2.54. The summed E-state index contributed by atoms with van der Waals surface area (Å²) in [5.41, 5.74) is 2.04. The summed E-state index contributed by atoms with van der Waals surface area (Å²) in [6.07, 6.45) is 3.13. The van der Waals surface area contributed by atoms with Crippen LogP contribution in [-0.4, -0.2) is 26.9 Å². The SMILES string of the molecule is COc1ccc(Cl)cc1Nc1ncnc2c1cnn2-c1ccc(Cl)c(Cl)c1. The molecule has 0 atom stereocenters. The van der Waals surface area contributed by atoms with Gasteiger partial charge in [-0.15, -0.1) is 0 Å². The zero-order chi connectivity index (χ0) is 19.0. The van der Waals surface area contributed by atoms with Gasteiger partial charge in [0.25, 0.3) is 0 Å². The van der Waals surface area contributed by atoms with E-state index in [2.05, 4.69) is 20.4 Å². The molecule has 1 N–H and O–H groups in total. The number of nitrogens with one attached hydrogen (secondary N) is 1. The molecule has 0 saturated heterocycles. The van der Waals surface area contributed by atoms with Gasteiger partial charge in [-0.25, -0.2) is 14.6 Å². The van der Waals surface area contributed by atoms with Crippen molar-refractivity contribution in [2.75, 3.05) is 12.4 Å². The minimum absolute atomic E-state index is 0.439. The molecule has 0 saturated carbocycles. The lowest BCUT2D eigenvalue weighted by atomic mass is 10.2. The zero-order valence-corrected chi connectivity index (χ0v) is 16.2. The molecule has 0 aliphatic carbocycles. The van der Waals surface area contributed by atoms with E-state index in [1.807, 2.05) is 6.07 Å². The monoisotopic (exact) mass is 419 g/mol. The third-order valence-electron chi connectivity index (χ3n) is 3.93. The minimum Gasteiger partial charge on any atom is -0.495 e. The van der Waals surface area contributed by atoms with Gasteiger partial charge in [0.2, 0.25) is 0 Å². The van der Waals surface area contributed by atoms with Crippen molar-refractivity contribution in [1.82, 2.24) is 19.7 Å². The molecule has 0 fully saturated rings. The van der Waals surface area contributed by atoms with Crippen molar-refractivity contribution in [3.8, 4) is 11.4 Å². The number of anilines is 2. The summed E-state index contributed by atoms with van der Waals surface area (Å²) < 4.78 is 7.04. The summed E-state index contributed by atoms with van der Waals surface area (Å²) in [6, 6.07) is 10.6. The molecule has 0 spiro atoms. The third kappa shape index (κ3) is 3.39. The number of methoxy groups -OCH3 is 1. The van der Waals surface area contributed by atoms with E-state index in [0.29, 0.717) is 38.0 Å². The Morgan fingerprint density at radius 1 is 1.00 bits per heavy atom.